The molecule has 2 atom stereocenters. The van der Waals surface area contributed by atoms with Crippen molar-refractivity contribution in [2.24, 2.45) is 5.73 Å². The second-order valence-electron chi connectivity index (χ2n) is 5.01. The molecule has 16 heavy (non-hydrogen) atoms. The smallest absolute Gasteiger partial charge is 0.126 e. The summed E-state index contributed by atoms with van der Waals surface area (Å²) in [6.07, 6.45) is 7.93. The molecular weight excluding hydrogens is 200 g/mol. The summed E-state index contributed by atoms with van der Waals surface area (Å²) in [5.41, 5.74) is 7.30. The Balaban J connectivity index is 1.85. The topological polar surface area (TPSA) is 55.9 Å². The van der Waals surface area contributed by atoms with Crippen molar-refractivity contribution in [2.45, 2.75) is 50.7 Å². The molecule has 0 amide bonds. The van der Waals surface area contributed by atoms with E-state index < -0.39 is 0 Å². The third kappa shape index (κ3) is 1.76. The largest absolute Gasteiger partial charge is 0.331 e. The van der Waals surface area contributed by atoms with E-state index in [-0.39, 0.29) is 0 Å². The van der Waals surface area contributed by atoms with Crippen LogP contribution in [0, 0.1) is 0 Å². The highest BCUT2D eigenvalue weighted by Gasteiger charge is 2.24. The van der Waals surface area contributed by atoms with E-state index in [1.54, 1.807) is 0 Å². The van der Waals surface area contributed by atoms with Crippen LogP contribution in [-0.2, 0) is 13.0 Å². The molecule has 4 heteroatoms. The van der Waals surface area contributed by atoms with Crippen LogP contribution in [0.5, 0.6) is 0 Å². The number of hydrogen-bond acceptors (Lipinski definition) is 3. The molecule has 0 spiro atoms. The Morgan fingerprint density at radius 1 is 1.38 bits per heavy atom. The Morgan fingerprint density at radius 3 is 3.12 bits per heavy atom. The number of nitrogens with zero attached hydrogens (tertiary/aromatic N) is 2. The van der Waals surface area contributed by atoms with Gasteiger partial charge in [0.05, 0.1) is 6.04 Å². The molecule has 0 aliphatic carbocycles. The van der Waals surface area contributed by atoms with Gasteiger partial charge in [0.25, 0.3) is 0 Å². The molecule has 2 unspecified atom stereocenters. The number of piperidine rings is 1. The molecule has 1 aromatic heterocycles. The first-order chi connectivity index (χ1) is 7.84. The zero-order valence-corrected chi connectivity index (χ0v) is 9.65. The summed E-state index contributed by atoms with van der Waals surface area (Å²) in [4.78, 5) is 4.60. The molecule has 0 radical (unpaired) electrons. The minimum Gasteiger partial charge on any atom is -0.331 e. The van der Waals surface area contributed by atoms with Crippen molar-refractivity contribution in [3.63, 3.8) is 0 Å². The Hall–Kier alpha value is -0.870. The summed E-state index contributed by atoms with van der Waals surface area (Å²) in [6.45, 7) is 2.18. The van der Waals surface area contributed by atoms with Gasteiger partial charge in [-0.15, -0.1) is 0 Å². The summed E-state index contributed by atoms with van der Waals surface area (Å²) in [6, 6.07) is 0.799. The second kappa shape index (κ2) is 4.18. The predicted molar refractivity (Wildman–Crippen MR) is 63.1 cm³/mol. The van der Waals surface area contributed by atoms with Crippen molar-refractivity contribution in [3.8, 4) is 0 Å². The average molecular weight is 220 g/mol. The lowest BCUT2D eigenvalue weighted by molar-refractivity contribution is 0.370. The molecule has 88 valence electrons. The molecule has 2 aliphatic rings. The standard InChI is InChI=1S/C12H20N4/c13-9-4-6-16-10(7-9)8-15-12(16)11-3-1-2-5-14-11/h8-9,11,14H,1-7,13H2. The van der Waals surface area contributed by atoms with Gasteiger partial charge < -0.3 is 15.6 Å². The average Bonchev–Trinajstić information content (AvgIpc) is 2.73. The molecule has 0 bridgehead atoms. The van der Waals surface area contributed by atoms with Gasteiger partial charge in [-0.3, -0.25) is 0 Å². The van der Waals surface area contributed by atoms with Gasteiger partial charge in [0.2, 0.25) is 0 Å². The SMILES string of the molecule is NC1CCn2c(cnc2C2CCCCN2)C1. The lowest BCUT2D eigenvalue weighted by Gasteiger charge is -2.27. The maximum Gasteiger partial charge on any atom is 0.126 e. The number of rotatable bonds is 1. The van der Waals surface area contributed by atoms with Crippen LogP contribution < -0.4 is 11.1 Å². The van der Waals surface area contributed by atoms with Crippen LogP contribution in [0.25, 0.3) is 0 Å². The van der Waals surface area contributed by atoms with Crippen molar-refractivity contribution in [3.05, 3.63) is 17.7 Å². The van der Waals surface area contributed by atoms with Crippen LogP contribution in [0.4, 0.5) is 0 Å². The summed E-state index contributed by atoms with van der Waals surface area (Å²) in [5, 5.41) is 3.57. The third-order valence-corrected chi connectivity index (χ3v) is 3.79. The zero-order chi connectivity index (χ0) is 11.0. The van der Waals surface area contributed by atoms with E-state index in [0.29, 0.717) is 12.1 Å². The number of fused-ring (bicyclic) bond motifs is 1. The van der Waals surface area contributed by atoms with Crippen LogP contribution in [-0.4, -0.2) is 22.1 Å². The number of nitrogens with one attached hydrogen (secondary N) is 1. The van der Waals surface area contributed by atoms with Gasteiger partial charge in [0.1, 0.15) is 5.82 Å². The summed E-state index contributed by atoms with van der Waals surface area (Å²) >= 11 is 0. The van der Waals surface area contributed by atoms with Gasteiger partial charge in [-0.2, -0.15) is 0 Å². The van der Waals surface area contributed by atoms with E-state index >= 15 is 0 Å². The molecule has 2 aliphatic heterocycles. The fourth-order valence-corrected chi connectivity index (χ4v) is 2.86. The number of hydrogen-bond donors (Lipinski definition) is 2. The number of aromatic nitrogens is 2. The first-order valence-corrected chi connectivity index (χ1v) is 6.38. The summed E-state index contributed by atoms with van der Waals surface area (Å²) < 4.78 is 2.38. The van der Waals surface area contributed by atoms with Gasteiger partial charge >= 0.3 is 0 Å². The Labute approximate surface area is 96.2 Å². The Bertz CT molecular complexity index is 365. The quantitative estimate of drug-likeness (QED) is 0.741. The molecular formula is C12H20N4. The molecule has 0 aromatic carbocycles. The normalized spacial score (nSPS) is 30.1. The fourth-order valence-electron chi connectivity index (χ4n) is 2.86. The van der Waals surface area contributed by atoms with E-state index in [1.807, 2.05) is 6.20 Å². The van der Waals surface area contributed by atoms with E-state index in [0.717, 1.165) is 25.9 Å². The summed E-state index contributed by atoms with van der Waals surface area (Å²) in [5.74, 6) is 1.24. The Kier molecular flexibility index (Phi) is 2.69. The van der Waals surface area contributed by atoms with Crippen molar-refractivity contribution < 1.29 is 0 Å². The first-order valence-electron chi connectivity index (χ1n) is 6.38. The minimum atomic E-state index is 0.330. The third-order valence-electron chi connectivity index (χ3n) is 3.79. The van der Waals surface area contributed by atoms with E-state index in [2.05, 4.69) is 14.9 Å². The van der Waals surface area contributed by atoms with E-state index in [4.69, 9.17) is 5.73 Å². The van der Waals surface area contributed by atoms with Gasteiger partial charge in [0, 0.05) is 30.9 Å². The molecule has 1 fully saturated rings. The van der Waals surface area contributed by atoms with Crippen LogP contribution in [0.15, 0.2) is 6.20 Å². The second-order valence-corrected chi connectivity index (χ2v) is 5.01. The molecule has 3 N–H and O–H groups in total. The predicted octanol–water partition coefficient (Wildman–Crippen LogP) is 0.971. The highest BCUT2D eigenvalue weighted by Crippen LogP contribution is 2.25. The monoisotopic (exact) mass is 220 g/mol. The zero-order valence-electron chi connectivity index (χ0n) is 9.65. The van der Waals surface area contributed by atoms with Gasteiger partial charge in [-0.05, 0) is 25.8 Å². The molecule has 3 rings (SSSR count). The van der Waals surface area contributed by atoms with Crippen molar-refractivity contribution in [1.29, 1.82) is 0 Å². The molecule has 1 saturated heterocycles. The first kappa shape index (κ1) is 10.3. The van der Waals surface area contributed by atoms with E-state index in [1.165, 1.54) is 30.8 Å². The van der Waals surface area contributed by atoms with Crippen LogP contribution >= 0.6 is 0 Å². The number of nitrogens with two attached hydrogens (primary N) is 1. The number of imidazole rings is 1. The highest BCUT2D eigenvalue weighted by atomic mass is 15.1. The maximum atomic E-state index is 5.98. The van der Waals surface area contributed by atoms with Crippen LogP contribution in [0.2, 0.25) is 0 Å². The van der Waals surface area contributed by atoms with E-state index in [9.17, 15) is 0 Å². The molecule has 0 saturated carbocycles. The lowest BCUT2D eigenvalue weighted by Crippen LogP contribution is -2.34. The van der Waals surface area contributed by atoms with Crippen LogP contribution in [0.3, 0.4) is 0 Å². The maximum absolute atomic E-state index is 5.98. The molecule has 1 aromatic rings. The van der Waals surface area contributed by atoms with Gasteiger partial charge in [-0.1, -0.05) is 6.42 Å². The lowest BCUT2D eigenvalue weighted by atomic mass is 10.0. The van der Waals surface area contributed by atoms with Crippen molar-refractivity contribution in [2.75, 3.05) is 6.54 Å². The highest BCUT2D eigenvalue weighted by molar-refractivity contribution is 5.13. The van der Waals surface area contributed by atoms with Crippen molar-refractivity contribution >= 4 is 0 Å². The van der Waals surface area contributed by atoms with Crippen molar-refractivity contribution in [1.82, 2.24) is 14.9 Å². The van der Waals surface area contributed by atoms with Gasteiger partial charge in [-0.25, -0.2) is 4.98 Å². The molecule has 4 nitrogen and oxygen atoms in total. The van der Waals surface area contributed by atoms with Gasteiger partial charge in [0.15, 0.2) is 0 Å². The molecule has 3 heterocycles. The fraction of sp³-hybridized carbons (Fsp3) is 0.750. The van der Waals surface area contributed by atoms with Crippen LogP contribution in [0.1, 0.15) is 43.2 Å². The summed E-state index contributed by atoms with van der Waals surface area (Å²) in [7, 11) is 0. The Morgan fingerprint density at radius 2 is 2.31 bits per heavy atom. The minimum absolute atomic E-state index is 0.330.